The third-order valence-electron chi connectivity index (χ3n) is 5.01. The second kappa shape index (κ2) is 9.58. The topological polar surface area (TPSA) is 79.2 Å². The van der Waals surface area contributed by atoms with Gasteiger partial charge in [-0.1, -0.05) is 35.9 Å². The quantitative estimate of drug-likeness (QED) is 0.361. The molecule has 3 rings (SSSR count). The largest absolute Gasteiger partial charge is 0.373 e. The van der Waals surface area contributed by atoms with Crippen LogP contribution in [0.5, 0.6) is 0 Å². The van der Waals surface area contributed by atoms with Crippen molar-refractivity contribution in [2.24, 2.45) is 0 Å². The molecule has 5 nitrogen and oxygen atoms in total. The van der Waals surface area contributed by atoms with E-state index in [0.29, 0.717) is 16.4 Å². The summed E-state index contributed by atoms with van der Waals surface area (Å²) in [4.78, 5) is 2.06. The van der Waals surface area contributed by atoms with E-state index < -0.39 is 15.4 Å². The van der Waals surface area contributed by atoms with Crippen molar-refractivity contribution >= 4 is 49.9 Å². The lowest BCUT2D eigenvalue weighted by molar-refractivity contribution is 0.0830. The SMILES string of the molecule is COC(C)(C)C(=N)/C=C(\Nc1ccccc1Cl)c1ccc(-c2cccc(S(C)(=O)=O)c2)s1. The molecule has 1 aromatic heterocycles. The Hall–Kier alpha value is -2.45. The number of nitrogens with one attached hydrogen (secondary N) is 2. The highest BCUT2D eigenvalue weighted by molar-refractivity contribution is 7.90. The Bertz CT molecular complexity index is 1280. The van der Waals surface area contributed by atoms with Crippen LogP contribution in [0.25, 0.3) is 16.1 Å². The molecule has 0 bridgehead atoms. The van der Waals surface area contributed by atoms with Gasteiger partial charge in [-0.15, -0.1) is 11.3 Å². The maximum Gasteiger partial charge on any atom is 0.175 e. The van der Waals surface area contributed by atoms with Crippen molar-refractivity contribution in [3.8, 4) is 10.4 Å². The summed E-state index contributed by atoms with van der Waals surface area (Å²) in [7, 11) is -1.73. The number of ether oxygens (including phenoxy) is 1. The van der Waals surface area contributed by atoms with E-state index >= 15 is 0 Å². The third kappa shape index (κ3) is 5.66. The molecule has 0 spiro atoms. The van der Waals surface area contributed by atoms with E-state index in [2.05, 4.69) is 5.32 Å². The number of benzene rings is 2. The third-order valence-corrected chi connectivity index (χ3v) is 7.62. The van der Waals surface area contributed by atoms with Crippen LogP contribution in [0.15, 0.2) is 71.6 Å². The van der Waals surface area contributed by atoms with Crippen molar-refractivity contribution in [1.29, 1.82) is 5.41 Å². The number of anilines is 1. The molecule has 0 unspecified atom stereocenters. The number of halogens is 1. The van der Waals surface area contributed by atoms with Crippen LogP contribution in [-0.4, -0.2) is 33.1 Å². The van der Waals surface area contributed by atoms with Gasteiger partial charge in [-0.2, -0.15) is 0 Å². The fourth-order valence-corrected chi connectivity index (χ4v) is 4.65. The van der Waals surface area contributed by atoms with E-state index in [0.717, 1.165) is 21.0 Å². The summed E-state index contributed by atoms with van der Waals surface area (Å²) in [6.45, 7) is 3.66. The minimum Gasteiger partial charge on any atom is -0.373 e. The van der Waals surface area contributed by atoms with Crippen LogP contribution >= 0.6 is 22.9 Å². The average Bonchev–Trinajstić information content (AvgIpc) is 3.24. The highest BCUT2D eigenvalue weighted by Gasteiger charge is 2.22. The Morgan fingerprint density at radius 1 is 1.12 bits per heavy atom. The summed E-state index contributed by atoms with van der Waals surface area (Å²) in [5, 5.41) is 12.4. The lowest BCUT2D eigenvalue weighted by atomic mass is 10.0. The minimum absolute atomic E-state index is 0.276. The van der Waals surface area contributed by atoms with Gasteiger partial charge in [0.05, 0.1) is 31.9 Å². The lowest BCUT2D eigenvalue weighted by Crippen LogP contribution is -2.32. The van der Waals surface area contributed by atoms with E-state index in [1.165, 1.54) is 17.6 Å². The maximum absolute atomic E-state index is 11.9. The number of methoxy groups -OCH3 is 1. The van der Waals surface area contributed by atoms with Gasteiger partial charge in [0.15, 0.2) is 9.84 Å². The molecule has 0 saturated heterocycles. The summed E-state index contributed by atoms with van der Waals surface area (Å²) in [6, 6.07) is 18.2. The molecule has 32 heavy (non-hydrogen) atoms. The molecule has 0 aliphatic heterocycles. The standard InChI is InChI=1S/C24H25ClN2O3S2/c1-24(2,30-3)23(26)15-20(27-19-11-6-5-10-18(19)25)22-13-12-21(31-22)16-8-7-9-17(14-16)32(4,28)29/h5-15,26-27H,1-4H3/b20-15-,26-23?. The molecule has 0 saturated carbocycles. The van der Waals surface area contributed by atoms with Gasteiger partial charge in [-0.3, -0.25) is 0 Å². The normalized spacial score (nSPS) is 12.6. The Morgan fingerprint density at radius 3 is 2.50 bits per heavy atom. The summed E-state index contributed by atoms with van der Waals surface area (Å²) < 4.78 is 29.3. The molecule has 3 aromatic rings. The van der Waals surface area contributed by atoms with E-state index in [-0.39, 0.29) is 4.90 Å². The van der Waals surface area contributed by atoms with E-state index in [1.807, 2.05) is 50.2 Å². The molecule has 0 fully saturated rings. The van der Waals surface area contributed by atoms with Gasteiger partial charge in [0.2, 0.25) is 0 Å². The number of hydrogen-bond donors (Lipinski definition) is 2. The number of rotatable bonds is 8. The fraction of sp³-hybridized carbons (Fsp3) is 0.208. The van der Waals surface area contributed by atoms with Crippen LogP contribution in [0.1, 0.15) is 18.7 Å². The van der Waals surface area contributed by atoms with Crippen LogP contribution in [0.4, 0.5) is 5.69 Å². The monoisotopic (exact) mass is 488 g/mol. The first-order valence-electron chi connectivity index (χ1n) is 9.79. The number of para-hydroxylation sites is 1. The minimum atomic E-state index is -3.30. The fourth-order valence-electron chi connectivity index (χ4n) is 2.82. The van der Waals surface area contributed by atoms with Crippen molar-refractivity contribution in [1.82, 2.24) is 0 Å². The molecule has 2 aromatic carbocycles. The summed E-state index contributed by atoms with van der Waals surface area (Å²) in [5.74, 6) is 0. The second-order valence-electron chi connectivity index (χ2n) is 7.75. The molecule has 0 radical (unpaired) electrons. The second-order valence-corrected chi connectivity index (χ2v) is 11.3. The van der Waals surface area contributed by atoms with Crippen LogP contribution < -0.4 is 5.32 Å². The molecule has 0 atom stereocenters. The van der Waals surface area contributed by atoms with Crippen molar-refractivity contribution in [3.05, 3.63) is 76.6 Å². The van der Waals surface area contributed by atoms with Crippen LogP contribution in [-0.2, 0) is 14.6 Å². The van der Waals surface area contributed by atoms with E-state index in [9.17, 15) is 8.42 Å². The first kappa shape index (κ1) is 24.2. The first-order chi connectivity index (χ1) is 15.0. The van der Waals surface area contributed by atoms with Crippen molar-refractivity contribution in [2.75, 3.05) is 18.7 Å². The number of hydrogen-bond acceptors (Lipinski definition) is 6. The Morgan fingerprint density at radius 2 is 1.84 bits per heavy atom. The van der Waals surface area contributed by atoms with E-state index in [4.69, 9.17) is 21.7 Å². The zero-order valence-corrected chi connectivity index (χ0v) is 20.7. The molecule has 8 heteroatoms. The molecule has 0 aliphatic carbocycles. The zero-order valence-electron chi connectivity index (χ0n) is 18.3. The van der Waals surface area contributed by atoms with Gasteiger partial charge >= 0.3 is 0 Å². The van der Waals surface area contributed by atoms with Crippen LogP contribution in [0, 0.1) is 5.41 Å². The van der Waals surface area contributed by atoms with Gasteiger partial charge in [-0.05, 0) is 61.9 Å². The van der Waals surface area contributed by atoms with E-state index in [1.54, 1.807) is 37.5 Å². The number of sulfone groups is 1. The van der Waals surface area contributed by atoms with Crippen molar-refractivity contribution < 1.29 is 13.2 Å². The summed E-state index contributed by atoms with van der Waals surface area (Å²) in [5.41, 5.74) is 1.76. The zero-order chi connectivity index (χ0) is 23.5. The van der Waals surface area contributed by atoms with Gasteiger partial charge in [0.25, 0.3) is 0 Å². The molecule has 1 heterocycles. The Labute approximate surface area is 198 Å². The average molecular weight is 489 g/mol. The maximum atomic E-state index is 11.9. The smallest absolute Gasteiger partial charge is 0.175 e. The Kier molecular flexibility index (Phi) is 7.25. The van der Waals surface area contributed by atoms with Crippen molar-refractivity contribution in [2.45, 2.75) is 24.3 Å². The highest BCUT2D eigenvalue weighted by Crippen LogP contribution is 2.35. The molecule has 0 amide bonds. The predicted molar refractivity (Wildman–Crippen MR) is 135 cm³/mol. The number of thiophene rings is 1. The predicted octanol–water partition coefficient (Wildman–Crippen LogP) is 6.37. The lowest BCUT2D eigenvalue weighted by Gasteiger charge is -2.23. The molecular formula is C24H25ClN2O3S2. The van der Waals surface area contributed by atoms with Crippen LogP contribution in [0.3, 0.4) is 0 Å². The summed E-state index contributed by atoms with van der Waals surface area (Å²) >= 11 is 7.84. The van der Waals surface area contributed by atoms with Crippen molar-refractivity contribution in [3.63, 3.8) is 0 Å². The van der Waals surface area contributed by atoms with Crippen LogP contribution in [0.2, 0.25) is 5.02 Å². The molecule has 0 aliphatic rings. The molecule has 168 valence electrons. The van der Waals surface area contributed by atoms with Gasteiger partial charge < -0.3 is 15.5 Å². The summed E-state index contributed by atoms with van der Waals surface area (Å²) in [6.07, 6.45) is 2.93. The molecule has 2 N–H and O–H groups in total. The Balaban J connectivity index is 2.04. The first-order valence-corrected chi connectivity index (χ1v) is 12.9. The van der Waals surface area contributed by atoms with Gasteiger partial charge in [-0.25, -0.2) is 8.42 Å². The highest BCUT2D eigenvalue weighted by atomic mass is 35.5. The van der Waals surface area contributed by atoms with Gasteiger partial charge in [0, 0.05) is 18.2 Å². The molecular weight excluding hydrogens is 464 g/mol. The van der Waals surface area contributed by atoms with Gasteiger partial charge in [0.1, 0.15) is 5.60 Å².